The van der Waals surface area contributed by atoms with Gasteiger partial charge in [0.25, 0.3) is 0 Å². The molecule has 3 heterocycles. The van der Waals surface area contributed by atoms with Gasteiger partial charge in [0.1, 0.15) is 17.4 Å². The van der Waals surface area contributed by atoms with Gasteiger partial charge in [0.05, 0.1) is 22.1 Å². The lowest BCUT2D eigenvalue weighted by molar-refractivity contribution is 0.433. The molecule has 0 unspecified atom stereocenters. The lowest BCUT2D eigenvalue weighted by Gasteiger charge is -2.19. The van der Waals surface area contributed by atoms with E-state index < -0.39 is 7.12 Å². The summed E-state index contributed by atoms with van der Waals surface area (Å²) < 4.78 is 10.7. The Kier molecular flexibility index (Phi) is 11.3. The summed E-state index contributed by atoms with van der Waals surface area (Å²) in [6, 6.07) is 88.0. The van der Waals surface area contributed by atoms with Crippen LogP contribution in [-0.2, 0) is 0 Å². The van der Waals surface area contributed by atoms with Crippen molar-refractivity contribution in [1.82, 2.24) is 34.1 Å². The first-order valence-electron chi connectivity index (χ1n) is 25.6. The van der Waals surface area contributed by atoms with Gasteiger partial charge in [-0.2, -0.15) is 0 Å². The van der Waals surface area contributed by atoms with Gasteiger partial charge in [-0.25, -0.2) is 24.9 Å². The Labute approximate surface area is 443 Å². The second-order valence-corrected chi connectivity index (χ2v) is 18.9. The van der Waals surface area contributed by atoms with Crippen LogP contribution in [-0.4, -0.2) is 46.2 Å². The van der Waals surface area contributed by atoms with Crippen molar-refractivity contribution in [2.75, 3.05) is 0 Å². The molecule has 0 atom stereocenters. The minimum atomic E-state index is -1.27. The van der Waals surface area contributed by atoms with E-state index in [-0.39, 0.29) is 0 Å². The van der Waals surface area contributed by atoms with Crippen molar-refractivity contribution >= 4 is 56.2 Å². The van der Waals surface area contributed by atoms with Crippen molar-refractivity contribution in [2.24, 2.45) is 0 Å². The van der Waals surface area contributed by atoms with Crippen molar-refractivity contribution < 1.29 is 9.68 Å². The number of nitrogens with zero attached hydrogens (tertiary/aromatic N) is 7. The first-order chi connectivity index (χ1) is 38.1. The predicted molar refractivity (Wildman–Crippen MR) is 311 cm³/mol. The number of aromatic nitrogens is 7. The highest BCUT2D eigenvalue weighted by Crippen LogP contribution is 2.45. The molecule has 14 aromatic rings. The number of para-hydroxylation sites is 6. The molecule has 0 spiro atoms. The molecule has 0 aliphatic heterocycles. The summed E-state index contributed by atoms with van der Waals surface area (Å²) in [6.45, 7) is 0. The van der Waals surface area contributed by atoms with Gasteiger partial charge in [-0.15, -0.1) is 0 Å². The van der Waals surface area contributed by atoms with Crippen LogP contribution >= 0.6 is 0 Å². The Bertz CT molecular complexity index is 4490. The van der Waals surface area contributed by atoms with E-state index in [4.69, 9.17) is 29.6 Å². The Morgan fingerprint density at radius 3 is 1.32 bits per heavy atom. The average molecular weight is 990 g/mol. The van der Waals surface area contributed by atoms with Crippen molar-refractivity contribution in [3.05, 3.63) is 261 Å². The molecule has 0 radical (unpaired) electrons. The molecule has 11 aromatic carbocycles. The molecule has 362 valence electrons. The average Bonchev–Trinajstić information content (AvgIpc) is 4.12. The normalized spacial score (nSPS) is 11.4. The van der Waals surface area contributed by atoms with Crippen LogP contribution in [0.25, 0.3) is 123 Å². The molecule has 1 N–H and O–H groups in total. The molecule has 0 bridgehead atoms. The van der Waals surface area contributed by atoms with Gasteiger partial charge < -0.3 is 9.68 Å². The van der Waals surface area contributed by atoms with Crippen LogP contribution in [0.3, 0.4) is 0 Å². The topological polar surface area (TPSA) is 104 Å². The summed E-state index contributed by atoms with van der Waals surface area (Å²) in [6.07, 6.45) is 0. The predicted octanol–water partition coefficient (Wildman–Crippen LogP) is 14.6. The summed E-state index contributed by atoms with van der Waals surface area (Å²) in [5.74, 6) is 3.61. The van der Waals surface area contributed by atoms with E-state index in [0.29, 0.717) is 34.2 Å². The van der Waals surface area contributed by atoms with Gasteiger partial charge in [-0.1, -0.05) is 200 Å². The maximum absolute atomic E-state index is 11.6. The van der Waals surface area contributed by atoms with Gasteiger partial charge in [0, 0.05) is 44.8 Å². The number of fused-ring (bicyclic) bond motifs is 5. The van der Waals surface area contributed by atoms with E-state index in [1.54, 1.807) is 0 Å². The number of imidazole rings is 2. The monoisotopic (exact) mass is 989 g/mol. The van der Waals surface area contributed by atoms with Crippen molar-refractivity contribution in [2.45, 2.75) is 0 Å². The quantitative estimate of drug-likeness (QED) is 0.102. The SMILES string of the molecule is OB(Oc1cccc(-c2nc(-c3ccccc3)nc(-c3c(-c4ccc(-c5nc6ccccc6n5-c5ccccc5)cc4)c4ccccc4c4ccccc34)n2)c1)c1ccc(-c2nc3ccccc3n2-c2ccccc2)cc1. The lowest BCUT2D eigenvalue weighted by atomic mass is 9.79. The smallest absolute Gasteiger partial charge is 0.532 e. The van der Waals surface area contributed by atoms with Gasteiger partial charge in [-0.3, -0.25) is 9.13 Å². The standard InChI is InChI=1S/C67H44BN7O2/c76-68(49-41-39-47(40-42-49)67-70-58-32-15-17-34-60(58)75(67)51-24-8-3-9-25-51)77-52-26-18-21-48(43-52)64-71-63(45-19-4-1-5-20-45)72-65(73-64)62-56-30-13-11-28-54(56)53-27-10-12-29-55(53)61(62)44-35-37-46(38-36-44)66-69-57-31-14-16-33-59(57)74(66)50-22-6-2-7-23-50/h1-43,76H. The van der Waals surface area contributed by atoms with E-state index >= 15 is 0 Å². The summed E-state index contributed by atoms with van der Waals surface area (Å²) in [7, 11) is -1.27. The van der Waals surface area contributed by atoms with E-state index in [1.165, 1.54) is 0 Å². The molecule has 14 rings (SSSR count). The largest absolute Gasteiger partial charge is 0.560 e. The second kappa shape index (κ2) is 19.2. The van der Waals surface area contributed by atoms with Gasteiger partial charge in [0.2, 0.25) is 0 Å². The van der Waals surface area contributed by atoms with E-state index in [0.717, 1.165) is 100 Å². The molecule has 0 saturated heterocycles. The van der Waals surface area contributed by atoms with Crippen LogP contribution in [0.15, 0.2) is 261 Å². The molecule has 0 aliphatic rings. The Balaban J connectivity index is 0.859. The Hall–Kier alpha value is -10.3. The maximum atomic E-state index is 11.6. The fourth-order valence-electron chi connectivity index (χ4n) is 10.6. The third kappa shape index (κ3) is 8.26. The molecular formula is C67H44BN7O2. The fraction of sp³-hybridized carbons (Fsp3) is 0. The van der Waals surface area contributed by atoms with Crippen molar-refractivity contribution in [3.63, 3.8) is 0 Å². The molecule has 0 amide bonds. The summed E-state index contributed by atoms with van der Waals surface area (Å²) >= 11 is 0. The van der Waals surface area contributed by atoms with Crippen LogP contribution < -0.4 is 10.1 Å². The summed E-state index contributed by atoms with van der Waals surface area (Å²) in [5.41, 5.74) is 12.8. The molecule has 77 heavy (non-hydrogen) atoms. The summed E-state index contributed by atoms with van der Waals surface area (Å²) in [4.78, 5) is 26.1. The molecular weight excluding hydrogens is 946 g/mol. The molecule has 0 fully saturated rings. The zero-order chi connectivity index (χ0) is 51.2. The number of benzene rings is 11. The fourth-order valence-corrected chi connectivity index (χ4v) is 10.6. The highest BCUT2D eigenvalue weighted by atomic mass is 16.5. The van der Waals surface area contributed by atoms with E-state index in [2.05, 4.69) is 143 Å². The number of rotatable bonds is 11. The third-order valence-corrected chi connectivity index (χ3v) is 14.2. The van der Waals surface area contributed by atoms with Gasteiger partial charge >= 0.3 is 7.12 Å². The zero-order valence-corrected chi connectivity index (χ0v) is 41.4. The van der Waals surface area contributed by atoms with Crippen LogP contribution in [0.4, 0.5) is 0 Å². The highest BCUT2D eigenvalue weighted by Gasteiger charge is 2.25. The molecule has 3 aromatic heterocycles. The van der Waals surface area contributed by atoms with Crippen molar-refractivity contribution in [3.8, 4) is 85.2 Å². The molecule has 9 nitrogen and oxygen atoms in total. The van der Waals surface area contributed by atoms with Gasteiger partial charge in [-0.05, 0) is 93.2 Å². The zero-order valence-electron chi connectivity index (χ0n) is 41.4. The Morgan fingerprint density at radius 2 is 0.753 bits per heavy atom. The second-order valence-electron chi connectivity index (χ2n) is 18.9. The van der Waals surface area contributed by atoms with E-state index in [1.807, 2.05) is 127 Å². The Morgan fingerprint density at radius 1 is 0.325 bits per heavy atom. The lowest BCUT2D eigenvalue weighted by Crippen LogP contribution is -2.36. The maximum Gasteiger partial charge on any atom is 0.560 e. The third-order valence-electron chi connectivity index (χ3n) is 14.2. The molecule has 0 aliphatic carbocycles. The van der Waals surface area contributed by atoms with Crippen LogP contribution in [0.5, 0.6) is 5.75 Å². The minimum absolute atomic E-state index is 0.450. The highest BCUT2D eigenvalue weighted by molar-refractivity contribution is 6.60. The number of hydrogen-bond donors (Lipinski definition) is 1. The van der Waals surface area contributed by atoms with Crippen molar-refractivity contribution in [1.29, 1.82) is 0 Å². The molecule has 10 heteroatoms. The van der Waals surface area contributed by atoms with Crippen LogP contribution in [0, 0.1) is 0 Å². The summed E-state index contributed by atoms with van der Waals surface area (Å²) in [5, 5.41) is 15.9. The molecule has 0 saturated carbocycles. The van der Waals surface area contributed by atoms with Crippen LogP contribution in [0.1, 0.15) is 0 Å². The van der Waals surface area contributed by atoms with Gasteiger partial charge in [0.15, 0.2) is 17.5 Å². The first kappa shape index (κ1) is 45.3. The van der Waals surface area contributed by atoms with E-state index in [9.17, 15) is 5.02 Å². The number of hydrogen-bond acceptors (Lipinski definition) is 7. The minimum Gasteiger partial charge on any atom is -0.532 e. The van der Waals surface area contributed by atoms with Crippen LogP contribution in [0.2, 0.25) is 0 Å². The first-order valence-corrected chi connectivity index (χ1v) is 25.6.